The summed E-state index contributed by atoms with van der Waals surface area (Å²) < 4.78 is 26.5. The van der Waals surface area contributed by atoms with Crippen molar-refractivity contribution in [3.63, 3.8) is 0 Å². The summed E-state index contributed by atoms with van der Waals surface area (Å²) in [5.41, 5.74) is 0. The lowest BCUT2D eigenvalue weighted by atomic mass is 10.1. The highest BCUT2D eigenvalue weighted by molar-refractivity contribution is 14.0. The van der Waals surface area contributed by atoms with Crippen LogP contribution in [0.3, 0.4) is 0 Å². The minimum Gasteiger partial charge on any atom is -0.356 e. The Morgan fingerprint density at radius 2 is 2.19 bits per heavy atom. The Morgan fingerprint density at radius 1 is 1.46 bits per heavy atom. The predicted molar refractivity (Wildman–Crippen MR) is 121 cm³/mol. The Balaban J connectivity index is 0.00000338. The molecule has 1 aromatic rings. The number of hydrogen-bond acceptors (Lipinski definition) is 6. The van der Waals surface area contributed by atoms with Crippen molar-refractivity contribution < 1.29 is 8.42 Å². The van der Waals surface area contributed by atoms with Gasteiger partial charge in [-0.2, -0.15) is 0 Å². The second kappa shape index (κ2) is 12.4. The van der Waals surface area contributed by atoms with Gasteiger partial charge in [-0.05, 0) is 26.2 Å². The number of thioether (sulfide) groups is 1. The summed E-state index contributed by atoms with van der Waals surface area (Å²) in [6, 6.07) is 0.263. The van der Waals surface area contributed by atoms with Crippen LogP contribution in [-0.2, 0) is 10.0 Å². The number of rotatable bonds is 8. The first-order chi connectivity index (χ1) is 12.0. The minimum atomic E-state index is -3.06. The van der Waals surface area contributed by atoms with E-state index in [1.54, 1.807) is 41.4 Å². The number of thiazole rings is 1. The number of guanidine groups is 1. The summed E-state index contributed by atoms with van der Waals surface area (Å²) in [6.45, 7) is 3.70. The van der Waals surface area contributed by atoms with Crippen molar-refractivity contribution in [1.82, 2.24) is 19.9 Å². The summed E-state index contributed by atoms with van der Waals surface area (Å²) in [7, 11) is -1.30. The van der Waals surface area contributed by atoms with Gasteiger partial charge >= 0.3 is 0 Å². The van der Waals surface area contributed by atoms with Crippen LogP contribution in [0.25, 0.3) is 0 Å². The lowest BCUT2D eigenvalue weighted by Crippen LogP contribution is -2.50. The number of piperidine rings is 1. The van der Waals surface area contributed by atoms with Gasteiger partial charge in [0.15, 0.2) is 5.96 Å². The third-order valence-electron chi connectivity index (χ3n) is 4.03. The van der Waals surface area contributed by atoms with Gasteiger partial charge in [-0.1, -0.05) is 11.8 Å². The predicted octanol–water partition coefficient (Wildman–Crippen LogP) is 2.22. The molecule has 0 atom stereocenters. The first-order valence-electron chi connectivity index (χ1n) is 8.52. The molecule has 7 nitrogen and oxygen atoms in total. The van der Waals surface area contributed by atoms with Gasteiger partial charge in [0.1, 0.15) is 4.34 Å². The van der Waals surface area contributed by atoms with E-state index in [9.17, 15) is 8.42 Å². The number of nitrogens with zero attached hydrogens (tertiary/aromatic N) is 3. The maximum absolute atomic E-state index is 11.9. The molecule has 1 aliphatic heterocycles. The van der Waals surface area contributed by atoms with Gasteiger partial charge in [-0.3, -0.25) is 4.99 Å². The first kappa shape index (κ1) is 23.9. The lowest BCUT2D eigenvalue weighted by Gasteiger charge is -2.32. The SMILES string of the molecule is CCS(=O)(=O)N1CCC(NC(=NC)NCCCSc2nccs2)CC1.I. The molecule has 0 spiro atoms. The molecule has 0 saturated carbocycles. The highest BCUT2D eigenvalue weighted by atomic mass is 127. The Kier molecular flexibility index (Phi) is 11.4. The molecular formula is C15H28IN5O2S3. The van der Waals surface area contributed by atoms with Crippen LogP contribution in [0, 0.1) is 0 Å². The molecule has 1 aromatic heterocycles. The second-order valence-electron chi connectivity index (χ2n) is 5.72. The topological polar surface area (TPSA) is 86.7 Å². The van der Waals surface area contributed by atoms with Crippen molar-refractivity contribution >= 4 is 63.1 Å². The zero-order valence-electron chi connectivity index (χ0n) is 15.2. The highest BCUT2D eigenvalue weighted by Gasteiger charge is 2.26. The van der Waals surface area contributed by atoms with Gasteiger partial charge < -0.3 is 10.6 Å². The molecule has 2 rings (SSSR count). The van der Waals surface area contributed by atoms with Gasteiger partial charge in [-0.25, -0.2) is 17.7 Å². The second-order valence-corrected chi connectivity index (χ2v) is 10.2. The van der Waals surface area contributed by atoms with Gasteiger partial charge in [0.25, 0.3) is 0 Å². The average molecular weight is 534 g/mol. The summed E-state index contributed by atoms with van der Waals surface area (Å²) in [6.07, 6.45) is 4.46. The molecule has 1 aliphatic rings. The van der Waals surface area contributed by atoms with Crippen molar-refractivity contribution in [2.24, 2.45) is 4.99 Å². The van der Waals surface area contributed by atoms with Crippen LogP contribution in [0.5, 0.6) is 0 Å². The third-order valence-corrected chi connectivity index (χ3v) is 7.96. The van der Waals surface area contributed by atoms with Crippen molar-refractivity contribution in [3.8, 4) is 0 Å². The zero-order chi connectivity index (χ0) is 18.1. The number of aromatic nitrogens is 1. The van der Waals surface area contributed by atoms with Crippen LogP contribution < -0.4 is 10.6 Å². The smallest absolute Gasteiger partial charge is 0.213 e. The van der Waals surface area contributed by atoms with E-state index < -0.39 is 10.0 Å². The molecule has 2 N–H and O–H groups in total. The van der Waals surface area contributed by atoms with E-state index in [1.165, 1.54) is 0 Å². The number of sulfonamides is 1. The van der Waals surface area contributed by atoms with Gasteiger partial charge in [0.2, 0.25) is 10.0 Å². The van der Waals surface area contributed by atoms with Gasteiger partial charge in [0, 0.05) is 50.1 Å². The van der Waals surface area contributed by atoms with E-state index in [-0.39, 0.29) is 35.8 Å². The van der Waals surface area contributed by atoms with Gasteiger partial charge in [-0.15, -0.1) is 35.3 Å². The van der Waals surface area contributed by atoms with Crippen LogP contribution in [0.4, 0.5) is 0 Å². The highest BCUT2D eigenvalue weighted by Crippen LogP contribution is 2.20. The number of nitrogens with one attached hydrogen (secondary N) is 2. The largest absolute Gasteiger partial charge is 0.356 e. The monoisotopic (exact) mass is 533 g/mol. The van der Waals surface area contributed by atoms with E-state index in [0.717, 1.165) is 41.9 Å². The van der Waals surface area contributed by atoms with Crippen LogP contribution in [0.2, 0.25) is 0 Å². The van der Waals surface area contributed by atoms with Crippen LogP contribution in [0.15, 0.2) is 20.9 Å². The quantitative estimate of drug-likeness (QED) is 0.175. The molecule has 0 radical (unpaired) electrons. The molecule has 0 amide bonds. The van der Waals surface area contributed by atoms with Crippen molar-refractivity contribution in [1.29, 1.82) is 0 Å². The molecule has 0 aromatic carbocycles. The van der Waals surface area contributed by atoms with Crippen LogP contribution >= 0.6 is 47.1 Å². The van der Waals surface area contributed by atoms with Gasteiger partial charge in [0.05, 0.1) is 5.75 Å². The first-order valence-corrected chi connectivity index (χ1v) is 12.0. The standard InChI is InChI=1S/C15H27N5O2S3.HI/c1-3-25(21,22)20-9-5-13(6-10-20)19-14(16-2)17-7-4-11-23-15-18-8-12-24-15;/h8,12-13H,3-7,9-11H2,1-2H3,(H2,16,17,19);1H. The van der Waals surface area contributed by atoms with Crippen LogP contribution in [-0.4, -0.2) is 67.9 Å². The summed E-state index contributed by atoms with van der Waals surface area (Å²) in [5.74, 6) is 1.98. The fourth-order valence-electron chi connectivity index (χ4n) is 2.57. The maximum atomic E-state index is 11.9. The normalized spacial score (nSPS) is 16.9. The summed E-state index contributed by atoms with van der Waals surface area (Å²) in [5, 5.41) is 8.72. The molecule has 1 saturated heterocycles. The van der Waals surface area contributed by atoms with Crippen molar-refractivity contribution in [3.05, 3.63) is 11.6 Å². The number of aliphatic imine (C=N–C) groups is 1. The summed E-state index contributed by atoms with van der Waals surface area (Å²) >= 11 is 3.44. The Bertz CT molecular complexity index is 632. The van der Waals surface area contributed by atoms with E-state index in [4.69, 9.17) is 0 Å². The number of hydrogen-bond donors (Lipinski definition) is 2. The molecule has 150 valence electrons. The molecule has 1 fully saturated rings. The molecule has 2 heterocycles. The van der Waals surface area contributed by atoms with Crippen molar-refractivity contribution in [2.45, 2.75) is 36.6 Å². The van der Waals surface area contributed by atoms with Crippen LogP contribution in [0.1, 0.15) is 26.2 Å². The fourth-order valence-corrected chi connectivity index (χ4v) is 5.35. The maximum Gasteiger partial charge on any atom is 0.213 e. The molecule has 11 heteroatoms. The van der Waals surface area contributed by atoms with E-state index in [0.29, 0.717) is 13.1 Å². The zero-order valence-corrected chi connectivity index (χ0v) is 20.0. The minimum absolute atomic E-state index is 0. The Labute approximate surface area is 181 Å². The molecule has 0 aliphatic carbocycles. The van der Waals surface area contributed by atoms with E-state index >= 15 is 0 Å². The molecule has 0 bridgehead atoms. The average Bonchev–Trinajstić information content (AvgIpc) is 3.14. The Hall–Kier alpha value is -0.110. The Morgan fingerprint density at radius 3 is 2.77 bits per heavy atom. The number of halogens is 1. The molecule has 26 heavy (non-hydrogen) atoms. The molecule has 0 unspecified atom stereocenters. The summed E-state index contributed by atoms with van der Waals surface area (Å²) in [4.78, 5) is 8.51. The van der Waals surface area contributed by atoms with E-state index in [2.05, 4.69) is 20.6 Å². The molecular weight excluding hydrogens is 505 g/mol. The fraction of sp³-hybridized carbons (Fsp3) is 0.733. The van der Waals surface area contributed by atoms with E-state index in [1.807, 2.05) is 11.6 Å². The third kappa shape index (κ3) is 7.87. The lowest BCUT2D eigenvalue weighted by molar-refractivity contribution is 0.306. The van der Waals surface area contributed by atoms with Crippen molar-refractivity contribution in [2.75, 3.05) is 38.2 Å².